The van der Waals surface area contributed by atoms with Crippen molar-refractivity contribution in [3.63, 3.8) is 0 Å². The van der Waals surface area contributed by atoms with E-state index in [9.17, 15) is 9.59 Å². The lowest BCUT2D eigenvalue weighted by atomic mass is 10.1. The molecule has 2 rings (SSSR count). The van der Waals surface area contributed by atoms with Crippen LogP contribution in [0.5, 0.6) is 0 Å². The first kappa shape index (κ1) is 13.1. The number of amides is 1. The van der Waals surface area contributed by atoms with Gasteiger partial charge in [0, 0.05) is 14.0 Å². The highest BCUT2D eigenvalue weighted by Gasteiger charge is 2.70. The second-order valence-corrected chi connectivity index (χ2v) is 4.66. The van der Waals surface area contributed by atoms with Gasteiger partial charge in [0.2, 0.25) is 5.72 Å². The van der Waals surface area contributed by atoms with E-state index in [1.54, 1.807) is 20.8 Å². The van der Waals surface area contributed by atoms with Crippen molar-refractivity contribution in [1.82, 2.24) is 4.90 Å². The van der Waals surface area contributed by atoms with E-state index in [0.717, 1.165) is 0 Å². The van der Waals surface area contributed by atoms with Gasteiger partial charge in [0.15, 0.2) is 6.04 Å². The van der Waals surface area contributed by atoms with Gasteiger partial charge in [-0.3, -0.25) is 4.90 Å². The molecule has 0 N–H and O–H groups in total. The topological polar surface area (TPSA) is 74.3 Å². The highest BCUT2D eigenvalue weighted by molar-refractivity contribution is 5.84. The largest absolute Gasteiger partial charge is 0.467 e. The standard InChI is InChI=1S/C11H17NO6/c1-6-7(8(13)15-4)12-9(14)18-11(3,16-5)10(12,2)17-6/h6-7H,1-5H3/t6-,7-,10-,11+/m0/s1. The van der Waals surface area contributed by atoms with Crippen LogP contribution in [0.15, 0.2) is 0 Å². The molecule has 1 amide bonds. The van der Waals surface area contributed by atoms with Gasteiger partial charge in [-0.25, -0.2) is 9.59 Å². The highest BCUT2D eigenvalue weighted by atomic mass is 16.8. The van der Waals surface area contributed by atoms with E-state index in [-0.39, 0.29) is 0 Å². The molecule has 2 aliphatic heterocycles. The Balaban J connectivity index is 2.44. The fourth-order valence-corrected chi connectivity index (χ4v) is 2.53. The summed E-state index contributed by atoms with van der Waals surface area (Å²) < 4.78 is 20.8. The maximum absolute atomic E-state index is 11.9. The van der Waals surface area contributed by atoms with Crippen molar-refractivity contribution >= 4 is 12.1 Å². The van der Waals surface area contributed by atoms with Gasteiger partial charge in [-0.1, -0.05) is 0 Å². The Bertz CT molecular complexity index is 399. The van der Waals surface area contributed by atoms with Crippen molar-refractivity contribution in [2.24, 2.45) is 0 Å². The van der Waals surface area contributed by atoms with Gasteiger partial charge in [0.1, 0.15) is 0 Å². The summed E-state index contributed by atoms with van der Waals surface area (Å²) in [4.78, 5) is 25.0. The van der Waals surface area contributed by atoms with E-state index in [2.05, 4.69) is 0 Å². The fourth-order valence-electron chi connectivity index (χ4n) is 2.53. The molecule has 0 aromatic heterocycles. The molecule has 0 saturated carbocycles. The van der Waals surface area contributed by atoms with Crippen LogP contribution >= 0.6 is 0 Å². The monoisotopic (exact) mass is 259 g/mol. The predicted octanol–water partition coefficient (Wildman–Crippen LogP) is 0.478. The molecule has 4 atom stereocenters. The number of ether oxygens (including phenoxy) is 4. The number of carbonyl (C=O) groups excluding carboxylic acids is 2. The van der Waals surface area contributed by atoms with Crippen molar-refractivity contribution in [3.05, 3.63) is 0 Å². The Morgan fingerprint density at radius 3 is 2.50 bits per heavy atom. The molecular formula is C11H17NO6. The summed E-state index contributed by atoms with van der Waals surface area (Å²) in [6.07, 6.45) is -1.15. The van der Waals surface area contributed by atoms with Crippen LogP contribution in [0.1, 0.15) is 20.8 Å². The number of cyclic esters (lactones) is 1. The molecule has 2 saturated heterocycles. The zero-order valence-corrected chi connectivity index (χ0v) is 11.1. The molecule has 0 aromatic carbocycles. The molecule has 7 heteroatoms. The predicted molar refractivity (Wildman–Crippen MR) is 58.5 cm³/mol. The van der Waals surface area contributed by atoms with E-state index >= 15 is 0 Å². The van der Waals surface area contributed by atoms with Crippen LogP contribution in [0, 0.1) is 0 Å². The average Bonchev–Trinajstić information content (AvgIpc) is 2.69. The van der Waals surface area contributed by atoms with Crippen LogP contribution in [-0.2, 0) is 23.7 Å². The Labute approximate surface area is 105 Å². The van der Waals surface area contributed by atoms with Gasteiger partial charge < -0.3 is 18.9 Å². The van der Waals surface area contributed by atoms with E-state index in [1.165, 1.54) is 19.1 Å². The lowest BCUT2D eigenvalue weighted by Gasteiger charge is -2.35. The summed E-state index contributed by atoms with van der Waals surface area (Å²) in [5.74, 6) is -1.80. The fraction of sp³-hybridized carbons (Fsp3) is 0.818. The van der Waals surface area contributed by atoms with Crippen molar-refractivity contribution in [2.75, 3.05) is 14.2 Å². The van der Waals surface area contributed by atoms with E-state index in [0.29, 0.717) is 0 Å². The minimum absolute atomic E-state index is 0.496. The summed E-state index contributed by atoms with van der Waals surface area (Å²) in [7, 11) is 2.68. The molecule has 2 aliphatic rings. The Morgan fingerprint density at radius 1 is 1.39 bits per heavy atom. The Morgan fingerprint density at radius 2 is 2.00 bits per heavy atom. The SMILES string of the molecule is COC(=O)[C@@H]1[C@H](C)O[C@]2(C)N1C(=O)O[C@@]2(C)OC. The smallest absolute Gasteiger partial charge is 0.415 e. The normalized spacial score (nSPS) is 42.7. The number of carbonyl (C=O) groups is 2. The molecule has 18 heavy (non-hydrogen) atoms. The van der Waals surface area contributed by atoms with Crippen LogP contribution in [0.25, 0.3) is 0 Å². The molecule has 102 valence electrons. The third-order valence-corrected chi connectivity index (χ3v) is 3.75. The third-order valence-electron chi connectivity index (χ3n) is 3.75. The average molecular weight is 259 g/mol. The van der Waals surface area contributed by atoms with E-state index in [1.807, 2.05) is 0 Å². The number of fused-ring (bicyclic) bond motifs is 1. The maximum atomic E-state index is 11.9. The number of nitrogens with zero attached hydrogens (tertiary/aromatic N) is 1. The molecule has 0 radical (unpaired) electrons. The van der Waals surface area contributed by atoms with Gasteiger partial charge in [-0.2, -0.15) is 0 Å². The van der Waals surface area contributed by atoms with Crippen LogP contribution in [0.4, 0.5) is 4.79 Å². The molecule has 0 aromatic rings. The zero-order chi connectivity index (χ0) is 13.7. The Kier molecular flexibility index (Phi) is 2.78. The summed E-state index contributed by atoms with van der Waals surface area (Å²) in [6.45, 7) is 4.95. The maximum Gasteiger partial charge on any atom is 0.415 e. The zero-order valence-electron chi connectivity index (χ0n) is 11.1. The van der Waals surface area contributed by atoms with Crippen LogP contribution in [0.2, 0.25) is 0 Å². The summed E-state index contributed by atoms with van der Waals surface area (Å²) in [5, 5.41) is 0. The molecule has 0 bridgehead atoms. The molecule has 2 heterocycles. The quantitative estimate of drug-likeness (QED) is 0.671. The van der Waals surface area contributed by atoms with E-state index < -0.39 is 35.7 Å². The number of rotatable bonds is 2. The molecule has 7 nitrogen and oxygen atoms in total. The minimum atomic E-state index is -1.26. The molecular weight excluding hydrogens is 242 g/mol. The molecule has 2 fully saturated rings. The van der Waals surface area contributed by atoms with Crippen LogP contribution < -0.4 is 0 Å². The van der Waals surface area contributed by atoms with Gasteiger partial charge >= 0.3 is 12.1 Å². The molecule has 0 spiro atoms. The van der Waals surface area contributed by atoms with Gasteiger partial charge in [0.05, 0.1) is 13.2 Å². The minimum Gasteiger partial charge on any atom is -0.467 e. The first-order valence-electron chi connectivity index (χ1n) is 5.64. The number of hydrogen-bond acceptors (Lipinski definition) is 6. The van der Waals surface area contributed by atoms with Crippen molar-refractivity contribution in [3.8, 4) is 0 Å². The summed E-state index contributed by atoms with van der Waals surface area (Å²) >= 11 is 0. The lowest BCUT2D eigenvalue weighted by Crippen LogP contribution is -2.55. The highest BCUT2D eigenvalue weighted by Crippen LogP contribution is 2.47. The Hall–Kier alpha value is -1.34. The summed E-state index contributed by atoms with van der Waals surface area (Å²) in [6, 6.07) is -0.829. The van der Waals surface area contributed by atoms with Gasteiger partial charge in [-0.15, -0.1) is 0 Å². The number of hydrogen-bond donors (Lipinski definition) is 0. The number of esters is 1. The van der Waals surface area contributed by atoms with E-state index in [4.69, 9.17) is 18.9 Å². The van der Waals surface area contributed by atoms with Crippen molar-refractivity contribution in [1.29, 1.82) is 0 Å². The van der Waals surface area contributed by atoms with Crippen molar-refractivity contribution < 1.29 is 28.5 Å². The second-order valence-electron chi connectivity index (χ2n) is 4.66. The lowest BCUT2D eigenvalue weighted by molar-refractivity contribution is -0.265. The van der Waals surface area contributed by atoms with Crippen LogP contribution in [-0.4, -0.2) is 54.8 Å². The third kappa shape index (κ3) is 1.37. The first-order valence-corrected chi connectivity index (χ1v) is 5.64. The van der Waals surface area contributed by atoms with Gasteiger partial charge in [-0.05, 0) is 13.8 Å². The van der Waals surface area contributed by atoms with Gasteiger partial charge in [0.25, 0.3) is 5.79 Å². The van der Waals surface area contributed by atoms with Crippen molar-refractivity contribution in [2.45, 2.75) is 44.4 Å². The first-order chi connectivity index (χ1) is 8.30. The molecule has 0 unspecified atom stereocenters. The number of methoxy groups -OCH3 is 2. The van der Waals surface area contributed by atoms with Crippen LogP contribution in [0.3, 0.4) is 0 Å². The summed E-state index contributed by atoms with van der Waals surface area (Å²) in [5.41, 5.74) is -1.16. The second kappa shape index (κ2) is 3.83. The molecule has 0 aliphatic carbocycles.